The van der Waals surface area contributed by atoms with E-state index < -0.39 is 0 Å². The van der Waals surface area contributed by atoms with Crippen molar-refractivity contribution >= 4 is 5.69 Å². The summed E-state index contributed by atoms with van der Waals surface area (Å²) in [4.78, 5) is 5.01. The molecule has 0 aliphatic carbocycles. The van der Waals surface area contributed by atoms with Gasteiger partial charge in [0.15, 0.2) is 0 Å². The number of rotatable bonds is 6. The highest BCUT2D eigenvalue weighted by Crippen LogP contribution is 2.23. The summed E-state index contributed by atoms with van der Waals surface area (Å²) in [5.74, 6) is 0. The largest absolute Gasteiger partial charge is 0.395 e. The molecule has 2 aliphatic heterocycles. The van der Waals surface area contributed by atoms with Gasteiger partial charge in [-0.25, -0.2) is 0 Å². The predicted octanol–water partition coefficient (Wildman–Crippen LogP) is 2.71. The summed E-state index contributed by atoms with van der Waals surface area (Å²) >= 11 is 0. The Labute approximate surface area is 153 Å². The Morgan fingerprint density at radius 1 is 1.00 bits per heavy atom. The van der Waals surface area contributed by atoms with Gasteiger partial charge in [-0.15, -0.1) is 0 Å². The lowest BCUT2D eigenvalue weighted by Gasteiger charge is -2.37. The first-order valence-electron chi connectivity index (χ1n) is 10.1. The molecule has 2 heterocycles. The lowest BCUT2D eigenvalue weighted by molar-refractivity contribution is 0.0901. The molecule has 2 N–H and O–H groups in total. The van der Waals surface area contributed by atoms with Gasteiger partial charge in [-0.05, 0) is 69.3 Å². The number of piperidine rings is 2. The Balaban J connectivity index is 1.40. The van der Waals surface area contributed by atoms with Crippen LogP contribution in [0.2, 0.25) is 0 Å². The lowest BCUT2D eigenvalue weighted by atomic mass is 10.0. The first kappa shape index (κ1) is 18.7. The van der Waals surface area contributed by atoms with Crippen LogP contribution in [-0.4, -0.2) is 61.4 Å². The van der Waals surface area contributed by atoms with Gasteiger partial charge in [0.1, 0.15) is 0 Å². The maximum Gasteiger partial charge on any atom is 0.0586 e. The van der Waals surface area contributed by atoms with E-state index in [-0.39, 0.29) is 0 Å². The monoisotopic (exact) mass is 345 g/mol. The molecule has 4 heteroatoms. The first-order chi connectivity index (χ1) is 12.2. The molecule has 140 valence electrons. The van der Waals surface area contributed by atoms with E-state index >= 15 is 0 Å². The molecule has 1 atom stereocenters. The third kappa shape index (κ3) is 5.19. The van der Waals surface area contributed by atoms with Crippen LogP contribution in [0.3, 0.4) is 0 Å². The number of hydrogen-bond donors (Lipinski definition) is 2. The zero-order chi connectivity index (χ0) is 17.6. The number of nitrogens with one attached hydrogen (secondary N) is 1. The predicted molar refractivity (Wildman–Crippen MR) is 105 cm³/mol. The molecule has 1 aromatic rings. The molecule has 0 spiro atoms. The lowest BCUT2D eigenvalue weighted by Crippen LogP contribution is -2.48. The number of aliphatic hydroxyl groups is 1. The highest BCUT2D eigenvalue weighted by Gasteiger charge is 2.22. The van der Waals surface area contributed by atoms with Crippen LogP contribution in [0.15, 0.2) is 18.2 Å². The molecule has 3 rings (SSSR count). The smallest absolute Gasteiger partial charge is 0.0586 e. The normalized spacial score (nSPS) is 23.2. The maximum absolute atomic E-state index is 9.52. The van der Waals surface area contributed by atoms with Gasteiger partial charge in [0.2, 0.25) is 0 Å². The van der Waals surface area contributed by atoms with Crippen molar-refractivity contribution in [1.82, 2.24) is 10.2 Å². The van der Waals surface area contributed by atoms with Crippen molar-refractivity contribution in [2.75, 3.05) is 44.2 Å². The molecular formula is C21H35N3O. The molecule has 0 amide bonds. The molecule has 1 unspecified atom stereocenters. The van der Waals surface area contributed by atoms with Crippen LogP contribution in [0.5, 0.6) is 0 Å². The van der Waals surface area contributed by atoms with Gasteiger partial charge in [-0.3, -0.25) is 4.90 Å². The van der Waals surface area contributed by atoms with E-state index in [1.165, 1.54) is 42.5 Å². The summed E-state index contributed by atoms with van der Waals surface area (Å²) in [5.41, 5.74) is 4.10. The van der Waals surface area contributed by atoms with E-state index in [4.69, 9.17) is 0 Å². The highest BCUT2D eigenvalue weighted by atomic mass is 16.3. The fraction of sp³-hybridized carbons (Fsp3) is 0.714. The SMILES string of the molecule is Cc1cc(C)cc(N2CCC(NCCN3CCCCC3CO)CC2)c1. The van der Waals surface area contributed by atoms with Crippen LogP contribution in [0.1, 0.15) is 43.2 Å². The minimum absolute atomic E-state index is 0.314. The van der Waals surface area contributed by atoms with E-state index in [0.29, 0.717) is 18.7 Å². The van der Waals surface area contributed by atoms with Crippen molar-refractivity contribution in [3.8, 4) is 0 Å². The van der Waals surface area contributed by atoms with Gasteiger partial charge in [-0.2, -0.15) is 0 Å². The number of likely N-dealkylation sites (tertiary alicyclic amines) is 1. The third-order valence-corrected chi connectivity index (χ3v) is 5.86. The second-order valence-electron chi connectivity index (χ2n) is 7.93. The standard InChI is InChI=1S/C21H35N3O/c1-17-13-18(2)15-21(14-17)24-10-6-19(7-11-24)22-8-12-23-9-4-3-5-20(23)16-25/h13-15,19-20,22,25H,3-12,16H2,1-2H3. The van der Waals surface area contributed by atoms with Crippen LogP contribution < -0.4 is 10.2 Å². The number of aliphatic hydroxyl groups excluding tert-OH is 1. The zero-order valence-corrected chi connectivity index (χ0v) is 16.0. The second kappa shape index (κ2) is 9.02. The van der Waals surface area contributed by atoms with Crippen LogP contribution in [0, 0.1) is 13.8 Å². The number of aryl methyl sites for hydroxylation is 2. The fourth-order valence-electron chi connectivity index (χ4n) is 4.45. The van der Waals surface area contributed by atoms with Gasteiger partial charge in [-0.1, -0.05) is 12.5 Å². The Hall–Kier alpha value is -1.10. The minimum atomic E-state index is 0.314. The average molecular weight is 346 g/mol. The number of hydrogen-bond acceptors (Lipinski definition) is 4. The summed E-state index contributed by atoms with van der Waals surface area (Å²) in [6.45, 7) is 10.2. The topological polar surface area (TPSA) is 38.7 Å². The molecule has 0 aromatic heterocycles. The molecule has 1 aromatic carbocycles. The molecule has 2 saturated heterocycles. The van der Waals surface area contributed by atoms with Crippen molar-refractivity contribution in [2.45, 2.75) is 58.0 Å². The fourth-order valence-corrected chi connectivity index (χ4v) is 4.45. The van der Waals surface area contributed by atoms with Crippen LogP contribution in [-0.2, 0) is 0 Å². The van der Waals surface area contributed by atoms with E-state index in [2.05, 4.69) is 47.2 Å². The molecule has 0 radical (unpaired) electrons. The first-order valence-corrected chi connectivity index (χ1v) is 10.1. The summed E-state index contributed by atoms with van der Waals surface area (Å²) in [7, 11) is 0. The molecule has 2 fully saturated rings. The van der Waals surface area contributed by atoms with Crippen molar-refractivity contribution in [2.24, 2.45) is 0 Å². The Kier molecular flexibility index (Phi) is 6.74. The van der Waals surface area contributed by atoms with Crippen LogP contribution >= 0.6 is 0 Å². The molecule has 4 nitrogen and oxygen atoms in total. The Morgan fingerprint density at radius 3 is 2.40 bits per heavy atom. The quantitative estimate of drug-likeness (QED) is 0.831. The van der Waals surface area contributed by atoms with Gasteiger partial charge in [0.05, 0.1) is 6.61 Å². The maximum atomic E-state index is 9.52. The van der Waals surface area contributed by atoms with Gasteiger partial charge < -0.3 is 15.3 Å². The van der Waals surface area contributed by atoms with Gasteiger partial charge in [0.25, 0.3) is 0 Å². The Bertz CT molecular complexity index is 520. The third-order valence-electron chi connectivity index (χ3n) is 5.86. The average Bonchev–Trinajstić information content (AvgIpc) is 2.62. The van der Waals surface area contributed by atoms with Crippen molar-refractivity contribution in [3.63, 3.8) is 0 Å². The van der Waals surface area contributed by atoms with E-state index in [1.54, 1.807) is 0 Å². The molecule has 0 saturated carbocycles. The van der Waals surface area contributed by atoms with Crippen molar-refractivity contribution in [3.05, 3.63) is 29.3 Å². The zero-order valence-electron chi connectivity index (χ0n) is 16.0. The van der Waals surface area contributed by atoms with Gasteiger partial charge in [0, 0.05) is 44.0 Å². The van der Waals surface area contributed by atoms with E-state index in [1.807, 2.05) is 0 Å². The summed E-state index contributed by atoms with van der Waals surface area (Å²) < 4.78 is 0. The molecule has 2 aliphatic rings. The highest BCUT2D eigenvalue weighted by molar-refractivity contribution is 5.51. The number of anilines is 1. The van der Waals surface area contributed by atoms with Crippen LogP contribution in [0.4, 0.5) is 5.69 Å². The minimum Gasteiger partial charge on any atom is -0.395 e. The second-order valence-corrected chi connectivity index (χ2v) is 7.93. The van der Waals surface area contributed by atoms with Crippen molar-refractivity contribution < 1.29 is 5.11 Å². The van der Waals surface area contributed by atoms with Gasteiger partial charge >= 0.3 is 0 Å². The summed E-state index contributed by atoms with van der Waals surface area (Å²) in [5, 5.41) is 13.3. The summed E-state index contributed by atoms with van der Waals surface area (Å²) in [6.07, 6.45) is 6.15. The number of benzene rings is 1. The van der Waals surface area contributed by atoms with E-state index in [9.17, 15) is 5.11 Å². The molecule has 25 heavy (non-hydrogen) atoms. The Morgan fingerprint density at radius 2 is 1.72 bits per heavy atom. The summed E-state index contributed by atoms with van der Waals surface area (Å²) in [6, 6.07) is 7.90. The molecular weight excluding hydrogens is 310 g/mol. The molecule has 0 bridgehead atoms. The number of nitrogens with zero attached hydrogens (tertiary/aromatic N) is 2. The van der Waals surface area contributed by atoms with Crippen molar-refractivity contribution in [1.29, 1.82) is 0 Å². The van der Waals surface area contributed by atoms with E-state index in [0.717, 1.165) is 39.1 Å². The van der Waals surface area contributed by atoms with Crippen LogP contribution in [0.25, 0.3) is 0 Å².